The Morgan fingerprint density at radius 1 is 0.472 bits per heavy atom. The number of benzene rings is 4. The van der Waals surface area contributed by atoms with Gasteiger partial charge in [-0.05, 0) is 11.6 Å². The van der Waals surface area contributed by atoms with Gasteiger partial charge in [-0.3, -0.25) is 0 Å². The van der Waals surface area contributed by atoms with Crippen molar-refractivity contribution < 1.29 is 55.8 Å². The maximum absolute atomic E-state index is 11.1. The van der Waals surface area contributed by atoms with Crippen LogP contribution >= 0.6 is 0 Å². The highest BCUT2D eigenvalue weighted by Crippen LogP contribution is 2.61. The van der Waals surface area contributed by atoms with Crippen LogP contribution in [0.1, 0.15) is 0 Å². The van der Waals surface area contributed by atoms with Crippen LogP contribution in [0.15, 0.2) is 42.5 Å². The maximum atomic E-state index is 11.1. The largest absolute Gasteiger partial charge is 0.507 e. The minimum Gasteiger partial charge on any atom is -0.507 e. The molecule has 0 atom stereocenters. The highest BCUT2D eigenvalue weighted by molar-refractivity contribution is 6.02. The molecule has 0 spiro atoms. The van der Waals surface area contributed by atoms with Crippen molar-refractivity contribution in [1.82, 2.24) is 0 Å². The zero-order valence-corrected chi connectivity index (χ0v) is 18.4. The molecule has 0 saturated carbocycles. The molecule has 0 aliphatic carbocycles. The zero-order valence-electron chi connectivity index (χ0n) is 18.4. The molecule has 0 aromatic heterocycles. The second-order valence-corrected chi connectivity index (χ2v) is 7.70. The van der Waals surface area contributed by atoms with Crippen LogP contribution in [0.4, 0.5) is 0 Å². The molecule has 4 aromatic carbocycles. The molecule has 0 heterocycles. The van der Waals surface area contributed by atoms with Crippen LogP contribution in [0.2, 0.25) is 0 Å². The van der Waals surface area contributed by atoms with Gasteiger partial charge in [-0.25, -0.2) is 0 Å². The lowest BCUT2D eigenvalue weighted by Gasteiger charge is -2.23. The van der Waals surface area contributed by atoms with Gasteiger partial charge in [0.25, 0.3) is 0 Å². The number of phenols is 10. The third-order valence-corrected chi connectivity index (χ3v) is 5.65. The van der Waals surface area contributed by atoms with Crippen molar-refractivity contribution in [2.45, 2.75) is 0 Å². The molecular weight excluding hydrogens is 476 g/mol. The fourth-order valence-electron chi connectivity index (χ4n) is 4.00. The van der Waals surface area contributed by atoms with Gasteiger partial charge in [0.2, 0.25) is 17.2 Å². The van der Waals surface area contributed by atoms with Crippen LogP contribution in [0.25, 0.3) is 33.4 Å². The summed E-state index contributed by atoms with van der Waals surface area (Å²) in [6, 6.07) is 9.70. The fraction of sp³-hybridized carbons (Fsp3) is 0.0400. The lowest BCUT2D eigenvalue weighted by molar-refractivity contribution is 0.329. The first-order valence-electron chi connectivity index (χ1n) is 10.2. The van der Waals surface area contributed by atoms with Crippen molar-refractivity contribution in [3.63, 3.8) is 0 Å². The molecule has 0 bridgehead atoms. The van der Waals surface area contributed by atoms with E-state index in [2.05, 4.69) is 0 Å². The van der Waals surface area contributed by atoms with Gasteiger partial charge in [0.1, 0.15) is 11.5 Å². The Morgan fingerprint density at radius 3 is 1.47 bits per heavy atom. The molecule has 0 aliphatic heterocycles. The van der Waals surface area contributed by atoms with E-state index < -0.39 is 68.6 Å². The molecular formula is C25H20O11. The molecule has 0 unspecified atom stereocenters. The molecule has 0 amide bonds. The molecule has 11 nitrogen and oxygen atoms in total. The van der Waals surface area contributed by atoms with E-state index in [4.69, 9.17) is 4.74 Å². The minimum atomic E-state index is -1.22. The van der Waals surface area contributed by atoms with Crippen molar-refractivity contribution in [3.8, 4) is 96.6 Å². The fourth-order valence-corrected chi connectivity index (χ4v) is 4.00. The maximum Gasteiger partial charge on any atom is 0.208 e. The molecule has 4 aromatic rings. The van der Waals surface area contributed by atoms with Crippen molar-refractivity contribution in [3.05, 3.63) is 42.5 Å². The highest BCUT2D eigenvalue weighted by Gasteiger charge is 2.33. The van der Waals surface area contributed by atoms with Crippen LogP contribution in [-0.4, -0.2) is 58.2 Å². The van der Waals surface area contributed by atoms with E-state index in [9.17, 15) is 51.1 Å². The van der Waals surface area contributed by atoms with Gasteiger partial charge in [-0.2, -0.15) is 0 Å². The molecule has 10 N–H and O–H groups in total. The summed E-state index contributed by atoms with van der Waals surface area (Å²) in [4.78, 5) is 0. The first-order valence-corrected chi connectivity index (χ1v) is 10.2. The molecule has 11 heteroatoms. The molecule has 0 aliphatic rings. The molecule has 186 valence electrons. The van der Waals surface area contributed by atoms with Crippen molar-refractivity contribution >= 4 is 0 Å². The summed E-state index contributed by atoms with van der Waals surface area (Å²) < 4.78 is 5.47. The summed E-state index contributed by atoms with van der Waals surface area (Å²) >= 11 is 0. The molecule has 4 rings (SSSR count). The monoisotopic (exact) mass is 496 g/mol. The Hall–Kier alpha value is -5.32. The van der Waals surface area contributed by atoms with E-state index in [1.807, 2.05) is 0 Å². The number of rotatable bonds is 4. The van der Waals surface area contributed by atoms with Gasteiger partial charge in [0.15, 0.2) is 34.5 Å². The molecule has 0 fully saturated rings. The lowest BCUT2D eigenvalue weighted by Crippen LogP contribution is -1.98. The van der Waals surface area contributed by atoms with Crippen molar-refractivity contribution in [2.75, 3.05) is 7.11 Å². The second kappa shape index (κ2) is 8.47. The number of hydrogen-bond acceptors (Lipinski definition) is 11. The van der Waals surface area contributed by atoms with E-state index in [0.717, 1.165) is 13.2 Å². The summed E-state index contributed by atoms with van der Waals surface area (Å²) in [5, 5.41) is 104. The third kappa shape index (κ3) is 3.38. The second-order valence-electron chi connectivity index (χ2n) is 7.70. The molecule has 0 saturated heterocycles. The summed E-state index contributed by atoms with van der Waals surface area (Å²) in [5.74, 6) is -10.3. The Bertz CT molecular complexity index is 1460. The van der Waals surface area contributed by atoms with Crippen molar-refractivity contribution in [2.24, 2.45) is 0 Å². The van der Waals surface area contributed by atoms with Crippen LogP contribution in [0.3, 0.4) is 0 Å². The number of aromatic hydroxyl groups is 10. The number of methoxy groups -OCH3 is 1. The van der Waals surface area contributed by atoms with Crippen LogP contribution < -0.4 is 4.74 Å². The summed E-state index contributed by atoms with van der Waals surface area (Å²) in [5.41, 5.74) is -1.73. The Kier molecular flexibility index (Phi) is 5.61. The average molecular weight is 496 g/mol. The van der Waals surface area contributed by atoms with Gasteiger partial charge < -0.3 is 55.8 Å². The number of hydrogen-bond donors (Lipinski definition) is 10. The molecule has 0 radical (unpaired) electrons. The summed E-state index contributed by atoms with van der Waals surface area (Å²) in [7, 11) is 1.12. The molecule has 36 heavy (non-hydrogen) atoms. The topological polar surface area (TPSA) is 212 Å². The Balaban J connectivity index is 2.28. The summed E-state index contributed by atoms with van der Waals surface area (Å²) in [6.07, 6.45) is 0. The van der Waals surface area contributed by atoms with E-state index in [1.165, 1.54) is 0 Å². The normalized spacial score (nSPS) is 10.9. The smallest absolute Gasteiger partial charge is 0.208 e. The van der Waals surface area contributed by atoms with E-state index in [-0.39, 0.29) is 22.4 Å². The Labute approximate surface area is 202 Å². The van der Waals surface area contributed by atoms with E-state index in [0.29, 0.717) is 11.6 Å². The predicted molar refractivity (Wildman–Crippen MR) is 126 cm³/mol. The zero-order chi connectivity index (χ0) is 26.5. The first kappa shape index (κ1) is 23.8. The van der Waals surface area contributed by atoms with Gasteiger partial charge in [-0.1, -0.05) is 30.3 Å². The average Bonchev–Trinajstić information content (AvgIpc) is 2.86. The first-order chi connectivity index (χ1) is 17.0. The minimum absolute atomic E-state index is 0.0713. The van der Waals surface area contributed by atoms with Crippen LogP contribution in [0.5, 0.6) is 63.2 Å². The highest BCUT2D eigenvalue weighted by atomic mass is 16.5. The Morgan fingerprint density at radius 2 is 0.972 bits per heavy atom. The van der Waals surface area contributed by atoms with E-state index in [1.54, 1.807) is 30.3 Å². The number of ether oxygens (including phenoxy) is 1. The van der Waals surface area contributed by atoms with Crippen molar-refractivity contribution in [1.29, 1.82) is 0 Å². The van der Waals surface area contributed by atoms with Crippen LogP contribution in [0, 0.1) is 0 Å². The predicted octanol–water partition coefficient (Wildman–Crippen LogP) is 3.75. The van der Waals surface area contributed by atoms with Crippen LogP contribution in [-0.2, 0) is 0 Å². The SMILES string of the molecule is COc1c(-c2c(O)c(O)c(O)c(O)c2O)cc(O)c(-c2ccccc2)c1-c1c(O)c(O)cc(O)c1O. The van der Waals surface area contributed by atoms with Gasteiger partial charge >= 0.3 is 0 Å². The van der Waals surface area contributed by atoms with Gasteiger partial charge in [0, 0.05) is 22.8 Å². The quantitative estimate of drug-likeness (QED) is 0.145. The third-order valence-electron chi connectivity index (χ3n) is 5.65. The van der Waals surface area contributed by atoms with Gasteiger partial charge in [0.05, 0.1) is 18.2 Å². The van der Waals surface area contributed by atoms with Gasteiger partial charge in [-0.15, -0.1) is 0 Å². The number of phenolic OH excluding ortho intramolecular Hbond substituents is 10. The summed E-state index contributed by atoms with van der Waals surface area (Å²) in [6.45, 7) is 0. The standard InChI is InChI=1S/C25H20O11/c1-36-25-10(15-20(31)22(33)24(35)23(34)21(15)32)7-11(26)14(9-5-3-2-4-6-9)16(25)17-18(29)12(27)8-13(28)19(17)30/h2-8,26-35H,1H3. The van der Waals surface area contributed by atoms with E-state index >= 15 is 0 Å². The lowest BCUT2D eigenvalue weighted by atomic mass is 9.87.